The molecule has 0 bridgehead atoms. The second-order valence-corrected chi connectivity index (χ2v) is 16.1. The summed E-state index contributed by atoms with van der Waals surface area (Å²) in [5.74, 6) is -0.566. The molecule has 0 rings (SSSR count). The van der Waals surface area contributed by atoms with Gasteiger partial charge in [0.2, 0.25) is 5.91 Å². The quantitative estimate of drug-likeness (QED) is 0.0323. The molecular weight excluding hydrogens is 743 g/mol. The maximum Gasteiger partial charge on any atom is 0.306 e. The number of hydrogen-bond acceptors (Lipinski definition) is 5. The second kappa shape index (κ2) is 46.8. The van der Waals surface area contributed by atoms with Crippen LogP contribution in [0.4, 0.5) is 0 Å². The van der Waals surface area contributed by atoms with Gasteiger partial charge in [-0.25, -0.2) is 0 Å². The van der Waals surface area contributed by atoms with Gasteiger partial charge in [0, 0.05) is 6.42 Å². The summed E-state index contributed by atoms with van der Waals surface area (Å²) in [4.78, 5) is 26.1. The smallest absolute Gasteiger partial charge is 0.306 e. The van der Waals surface area contributed by atoms with Crippen molar-refractivity contribution in [1.29, 1.82) is 0 Å². The Balaban J connectivity index is 4.78. The maximum atomic E-state index is 13.2. The van der Waals surface area contributed by atoms with Crippen LogP contribution in [0.5, 0.6) is 0 Å². The lowest BCUT2D eigenvalue weighted by molar-refractivity contribution is -0.151. The Kier molecular flexibility index (Phi) is 44.3. The molecule has 0 saturated carbocycles. The second-order valence-electron chi connectivity index (χ2n) is 16.1. The van der Waals surface area contributed by atoms with Gasteiger partial charge >= 0.3 is 5.97 Å². The van der Waals surface area contributed by atoms with Crippen molar-refractivity contribution in [3.05, 3.63) is 97.2 Å². The lowest BCUT2D eigenvalue weighted by atomic mass is 10.0. The average Bonchev–Trinajstić information content (AvgIpc) is 3.24. The first-order valence-corrected chi connectivity index (χ1v) is 24.5. The van der Waals surface area contributed by atoms with Gasteiger partial charge in [0.15, 0.2) is 0 Å². The number of amides is 1. The van der Waals surface area contributed by atoms with E-state index >= 15 is 0 Å². The number of ether oxygens (including phenoxy) is 1. The van der Waals surface area contributed by atoms with Crippen LogP contribution in [0.1, 0.15) is 207 Å². The van der Waals surface area contributed by atoms with Gasteiger partial charge < -0.3 is 20.3 Å². The van der Waals surface area contributed by atoms with Gasteiger partial charge in [-0.15, -0.1) is 0 Å². The molecule has 3 N–H and O–H groups in total. The van der Waals surface area contributed by atoms with E-state index in [1.165, 1.54) is 44.9 Å². The van der Waals surface area contributed by atoms with Crippen LogP contribution in [-0.4, -0.2) is 46.9 Å². The molecule has 1 amide bonds. The van der Waals surface area contributed by atoms with E-state index in [9.17, 15) is 19.8 Å². The van der Waals surface area contributed by atoms with E-state index in [1.54, 1.807) is 0 Å². The van der Waals surface area contributed by atoms with Gasteiger partial charge in [-0.2, -0.15) is 0 Å². The fourth-order valence-electron chi connectivity index (χ4n) is 6.77. The van der Waals surface area contributed by atoms with Crippen molar-refractivity contribution in [3.8, 4) is 0 Å². The zero-order chi connectivity index (χ0) is 43.8. The van der Waals surface area contributed by atoms with Gasteiger partial charge in [-0.3, -0.25) is 9.59 Å². The van der Waals surface area contributed by atoms with Crippen LogP contribution in [0.3, 0.4) is 0 Å². The molecule has 6 nitrogen and oxygen atoms in total. The lowest BCUT2D eigenvalue weighted by Crippen LogP contribution is -2.46. The third kappa shape index (κ3) is 41.5. The molecule has 6 heteroatoms. The van der Waals surface area contributed by atoms with Gasteiger partial charge in [0.05, 0.1) is 25.2 Å². The van der Waals surface area contributed by atoms with E-state index in [4.69, 9.17) is 4.74 Å². The van der Waals surface area contributed by atoms with E-state index < -0.39 is 18.2 Å². The summed E-state index contributed by atoms with van der Waals surface area (Å²) in [6.07, 6.45) is 61.8. The molecule has 60 heavy (non-hydrogen) atoms. The molecule has 0 saturated heterocycles. The molecule has 0 aromatic heterocycles. The maximum absolute atomic E-state index is 13.2. The standard InChI is InChI=1S/C54H91NO5/c1-4-7-10-13-16-19-22-24-26-27-28-29-31-33-36-39-42-45-50(60-54(59)47-44-41-38-35-32-30-25-23-20-17-14-11-8-5-2)48-53(58)55-51(49-56)52(57)46-43-40-37-34-21-18-15-12-9-6-3/h7-8,10-11,16-17,19-20,24-26,28-30,33,36,50-52,56-57H,4-6,9,12-15,18,21-23,27,31-32,34-35,37-49H2,1-3H3,(H,55,58)/b10-7-,11-8+,19-16-,20-17+,26-24-,29-28-,30-25+,36-33-. The highest BCUT2D eigenvalue weighted by molar-refractivity contribution is 5.77. The number of unbranched alkanes of at least 4 members (excludes halogenated alkanes) is 14. The largest absolute Gasteiger partial charge is 0.462 e. The summed E-state index contributed by atoms with van der Waals surface area (Å²) < 4.78 is 5.88. The first-order chi connectivity index (χ1) is 29.5. The predicted octanol–water partition coefficient (Wildman–Crippen LogP) is 14.6. The van der Waals surface area contributed by atoms with Crippen LogP contribution in [-0.2, 0) is 14.3 Å². The fourth-order valence-corrected chi connectivity index (χ4v) is 6.77. The molecule has 0 fully saturated rings. The minimum absolute atomic E-state index is 0.0237. The Morgan fingerprint density at radius 3 is 1.40 bits per heavy atom. The highest BCUT2D eigenvalue weighted by Gasteiger charge is 2.24. The number of aliphatic hydroxyl groups is 2. The van der Waals surface area contributed by atoms with Crippen molar-refractivity contribution < 1.29 is 24.5 Å². The van der Waals surface area contributed by atoms with E-state index in [2.05, 4.69) is 123 Å². The summed E-state index contributed by atoms with van der Waals surface area (Å²) in [6, 6.07) is -0.729. The zero-order valence-electron chi connectivity index (χ0n) is 38.8. The fraction of sp³-hybridized carbons (Fsp3) is 0.667. The average molecular weight is 834 g/mol. The Labute approximate surface area is 369 Å². The minimum atomic E-state index is -0.811. The van der Waals surface area contributed by atoms with Crippen molar-refractivity contribution in [3.63, 3.8) is 0 Å². The summed E-state index contributed by atoms with van der Waals surface area (Å²) in [5, 5.41) is 23.7. The first kappa shape index (κ1) is 56.8. The third-order valence-electron chi connectivity index (χ3n) is 10.4. The first-order valence-electron chi connectivity index (χ1n) is 24.5. The SMILES string of the molecule is CC/C=C\C/C=C\C/C=C\C/C=C\C/C=C\CCCC(CC(=O)NC(CO)C(O)CCCCCCCCCCCC)OC(=O)CCCCCC/C=C/C/C=C/C/C=C/CC. The van der Waals surface area contributed by atoms with Crippen LogP contribution in [0.2, 0.25) is 0 Å². The number of allylic oxidation sites excluding steroid dienone is 16. The molecule has 0 aliphatic rings. The van der Waals surface area contributed by atoms with Gasteiger partial charge in [-0.05, 0) is 96.3 Å². The number of esters is 1. The molecule has 0 aromatic carbocycles. The van der Waals surface area contributed by atoms with Crippen molar-refractivity contribution >= 4 is 11.9 Å². The Bertz CT molecular complexity index is 1210. The van der Waals surface area contributed by atoms with Crippen molar-refractivity contribution in [2.45, 2.75) is 225 Å². The van der Waals surface area contributed by atoms with Crippen LogP contribution in [0, 0.1) is 0 Å². The van der Waals surface area contributed by atoms with E-state index in [-0.39, 0.29) is 24.9 Å². The van der Waals surface area contributed by atoms with E-state index in [1.807, 2.05) is 0 Å². The minimum Gasteiger partial charge on any atom is -0.462 e. The van der Waals surface area contributed by atoms with E-state index in [0.717, 1.165) is 116 Å². The Morgan fingerprint density at radius 1 is 0.500 bits per heavy atom. The monoisotopic (exact) mass is 834 g/mol. The number of carbonyl (C=O) groups excluding carboxylic acids is 2. The van der Waals surface area contributed by atoms with Crippen LogP contribution in [0.15, 0.2) is 97.2 Å². The van der Waals surface area contributed by atoms with Gasteiger partial charge in [0.1, 0.15) is 6.10 Å². The molecule has 0 spiro atoms. The van der Waals surface area contributed by atoms with Crippen molar-refractivity contribution in [2.24, 2.45) is 0 Å². The molecule has 3 atom stereocenters. The van der Waals surface area contributed by atoms with Gasteiger partial charge in [-0.1, -0.05) is 195 Å². The van der Waals surface area contributed by atoms with Crippen LogP contribution >= 0.6 is 0 Å². The summed E-state index contributed by atoms with van der Waals surface area (Å²) in [6.45, 7) is 6.21. The predicted molar refractivity (Wildman–Crippen MR) is 259 cm³/mol. The van der Waals surface area contributed by atoms with E-state index in [0.29, 0.717) is 19.3 Å². The lowest BCUT2D eigenvalue weighted by Gasteiger charge is -2.24. The van der Waals surface area contributed by atoms with Crippen LogP contribution in [0.25, 0.3) is 0 Å². The molecular formula is C54H91NO5. The molecule has 3 unspecified atom stereocenters. The highest BCUT2D eigenvalue weighted by atomic mass is 16.5. The number of nitrogens with one attached hydrogen (secondary N) is 1. The number of rotatable bonds is 42. The van der Waals surface area contributed by atoms with Crippen LogP contribution < -0.4 is 5.32 Å². The molecule has 0 aliphatic heterocycles. The molecule has 0 radical (unpaired) electrons. The van der Waals surface area contributed by atoms with Gasteiger partial charge in [0.25, 0.3) is 0 Å². The summed E-state index contributed by atoms with van der Waals surface area (Å²) in [5.41, 5.74) is 0. The molecule has 0 heterocycles. The van der Waals surface area contributed by atoms with Crippen molar-refractivity contribution in [2.75, 3.05) is 6.61 Å². The number of hydrogen-bond donors (Lipinski definition) is 3. The third-order valence-corrected chi connectivity index (χ3v) is 10.4. The Morgan fingerprint density at radius 2 is 0.917 bits per heavy atom. The number of carbonyl (C=O) groups is 2. The summed E-state index contributed by atoms with van der Waals surface area (Å²) in [7, 11) is 0. The zero-order valence-corrected chi connectivity index (χ0v) is 38.8. The molecule has 342 valence electrons. The number of aliphatic hydroxyl groups excluding tert-OH is 2. The summed E-state index contributed by atoms with van der Waals surface area (Å²) >= 11 is 0. The van der Waals surface area contributed by atoms with Crippen molar-refractivity contribution in [1.82, 2.24) is 5.32 Å². The molecule has 0 aromatic rings. The topological polar surface area (TPSA) is 95.9 Å². The molecule has 0 aliphatic carbocycles. The Hall–Kier alpha value is -3.22. The normalized spacial score (nSPS) is 14.2. The highest BCUT2D eigenvalue weighted by Crippen LogP contribution is 2.16.